The van der Waals surface area contributed by atoms with Crippen LogP contribution in [0, 0.1) is 13.8 Å². The zero-order chi connectivity index (χ0) is 12.1. The number of ether oxygens (including phenoxy) is 1. The largest absolute Gasteiger partial charge is 0.468 e. The molecule has 0 amide bonds. The molecule has 0 unspecified atom stereocenters. The van der Waals surface area contributed by atoms with Crippen molar-refractivity contribution in [3.8, 4) is 0 Å². The van der Waals surface area contributed by atoms with Crippen LogP contribution in [0.1, 0.15) is 23.9 Å². The van der Waals surface area contributed by atoms with E-state index in [1.165, 1.54) is 7.11 Å². The van der Waals surface area contributed by atoms with Gasteiger partial charge in [-0.15, -0.1) is 0 Å². The van der Waals surface area contributed by atoms with Gasteiger partial charge in [0.25, 0.3) is 0 Å². The second kappa shape index (κ2) is 5.65. The van der Waals surface area contributed by atoms with Crippen molar-refractivity contribution < 1.29 is 14.1 Å². The van der Waals surface area contributed by atoms with Gasteiger partial charge in [0.1, 0.15) is 5.76 Å². The molecule has 0 spiro atoms. The molecule has 0 radical (unpaired) electrons. The van der Waals surface area contributed by atoms with Gasteiger partial charge in [0.15, 0.2) is 0 Å². The molecule has 0 aliphatic rings. The van der Waals surface area contributed by atoms with E-state index in [4.69, 9.17) is 4.52 Å². The van der Waals surface area contributed by atoms with E-state index in [0.717, 1.165) is 23.6 Å². The van der Waals surface area contributed by atoms with Crippen molar-refractivity contribution in [2.45, 2.75) is 27.3 Å². The molecule has 0 fully saturated rings. The van der Waals surface area contributed by atoms with Gasteiger partial charge >= 0.3 is 5.97 Å². The fourth-order valence-corrected chi connectivity index (χ4v) is 1.48. The summed E-state index contributed by atoms with van der Waals surface area (Å²) in [5.41, 5.74) is 1.92. The first-order valence-electron chi connectivity index (χ1n) is 5.29. The Morgan fingerprint density at radius 2 is 2.19 bits per heavy atom. The van der Waals surface area contributed by atoms with Gasteiger partial charge in [0.2, 0.25) is 0 Å². The number of esters is 1. The molecule has 0 aliphatic carbocycles. The Morgan fingerprint density at radius 3 is 2.62 bits per heavy atom. The van der Waals surface area contributed by atoms with Crippen LogP contribution in [0.25, 0.3) is 0 Å². The SMILES string of the molecule is CCN(CC(=O)OC)Cc1c(C)noc1C. The second-order valence-corrected chi connectivity index (χ2v) is 3.68. The second-order valence-electron chi connectivity index (χ2n) is 3.68. The molecule has 0 atom stereocenters. The Kier molecular flexibility index (Phi) is 4.49. The molecule has 1 heterocycles. The summed E-state index contributed by atoms with van der Waals surface area (Å²) < 4.78 is 9.72. The minimum Gasteiger partial charge on any atom is -0.468 e. The molecule has 0 N–H and O–H groups in total. The molecule has 0 bridgehead atoms. The highest BCUT2D eigenvalue weighted by atomic mass is 16.5. The molecule has 0 saturated carbocycles. The van der Waals surface area contributed by atoms with E-state index in [-0.39, 0.29) is 12.5 Å². The van der Waals surface area contributed by atoms with Crippen LogP contribution in [0.15, 0.2) is 4.52 Å². The van der Waals surface area contributed by atoms with Crippen LogP contribution in [0.5, 0.6) is 0 Å². The molecular weight excluding hydrogens is 208 g/mol. The first kappa shape index (κ1) is 12.7. The van der Waals surface area contributed by atoms with Gasteiger partial charge in [-0.1, -0.05) is 12.1 Å². The lowest BCUT2D eigenvalue weighted by atomic mass is 10.2. The quantitative estimate of drug-likeness (QED) is 0.708. The number of rotatable bonds is 5. The molecule has 5 heteroatoms. The van der Waals surface area contributed by atoms with Crippen LogP contribution in [0.4, 0.5) is 0 Å². The highest BCUT2D eigenvalue weighted by molar-refractivity contribution is 5.71. The molecule has 5 nitrogen and oxygen atoms in total. The summed E-state index contributed by atoms with van der Waals surface area (Å²) in [5, 5.41) is 3.88. The molecule has 1 rings (SSSR count). The number of carbonyl (C=O) groups is 1. The topological polar surface area (TPSA) is 55.6 Å². The lowest BCUT2D eigenvalue weighted by molar-refractivity contribution is -0.142. The number of likely N-dealkylation sites (N-methyl/N-ethyl adjacent to an activating group) is 1. The molecule has 16 heavy (non-hydrogen) atoms. The molecule has 0 saturated heterocycles. The average Bonchev–Trinajstić information content (AvgIpc) is 2.59. The van der Waals surface area contributed by atoms with Gasteiger partial charge in [-0.3, -0.25) is 9.69 Å². The van der Waals surface area contributed by atoms with Gasteiger partial charge in [-0.25, -0.2) is 0 Å². The van der Waals surface area contributed by atoms with Gasteiger partial charge in [-0.05, 0) is 20.4 Å². The van der Waals surface area contributed by atoms with E-state index in [9.17, 15) is 4.79 Å². The summed E-state index contributed by atoms with van der Waals surface area (Å²) in [6, 6.07) is 0. The maximum Gasteiger partial charge on any atom is 0.319 e. The van der Waals surface area contributed by atoms with E-state index in [2.05, 4.69) is 9.89 Å². The highest BCUT2D eigenvalue weighted by Gasteiger charge is 2.15. The third-order valence-electron chi connectivity index (χ3n) is 2.59. The summed E-state index contributed by atoms with van der Waals surface area (Å²) in [6.07, 6.45) is 0. The van der Waals surface area contributed by atoms with Crippen LogP contribution in [-0.2, 0) is 16.1 Å². The van der Waals surface area contributed by atoms with Crippen LogP contribution < -0.4 is 0 Å². The lowest BCUT2D eigenvalue weighted by Gasteiger charge is -2.18. The average molecular weight is 226 g/mol. The summed E-state index contributed by atoms with van der Waals surface area (Å²) in [7, 11) is 1.39. The zero-order valence-electron chi connectivity index (χ0n) is 10.2. The summed E-state index contributed by atoms with van der Waals surface area (Å²) in [4.78, 5) is 13.2. The smallest absolute Gasteiger partial charge is 0.319 e. The van der Waals surface area contributed by atoms with Crippen LogP contribution >= 0.6 is 0 Å². The minimum absolute atomic E-state index is 0.228. The number of hydrogen-bond donors (Lipinski definition) is 0. The van der Waals surface area contributed by atoms with E-state index in [0.29, 0.717) is 6.54 Å². The summed E-state index contributed by atoms with van der Waals surface area (Å²) in [5.74, 6) is 0.578. The third-order valence-corrected chi connectivity index (χ3v) is 2.59. The first-order valence-corrected chi connectivity index (χ1v) is 5.29. The molecule has 0 aliphatic heterocycles. The summed E-state index contributed by atoms with van der Waals surface area (Å²) in [6.45, 7) is 7.50. The summed E-state index contributed by atoms with van der Waals surface area (Å²) >= 11 is 0. The number of nitrogens with zero attached hydrogens (tertiary/aromatic N) is 2. The highest BCUT2D eigenvalue weighted by Crippen LogP contribution is 2.14. The first-order chi connectivity index (χ1) is 7.58. The lowest BCUT2D eigenvalue weighted by Crippen LogP contribution is -2.30. The maximum atomic E-state index is 11.2. The minimum atomic E-state index is -0.228. The Balaban J connectivity index is 2.66. The predicted octanol–water partition coefficient (Wildman–Crippen LogP) is 1.29. The van der Waals surface area contributed by atoms with Crippen molar-refractivity contribution in [3.05, 3.63) is 17.0 Å². The van der Waals surface area contributed by atoms with Crippen molar-refractivity contribution in [1.29, 1.82) is 0 Å². The van der Waals surface area contributed by atoms with Gasteiger partial charge < -0.3 is 9.26 Å². The number of hydrogen-bond acceptors (Lipinski definition) is 5. The predicted molar refractivity (Wildman–Crippen MR) is 58.9 cm³/mol. The fraction of sp³-hybridized carbons (Fsp3) is 0.636. The van der Waals surface area contributed by atoms with E-state index < -0.39 is 0 Å². The number of carbonyl (C=O) groups excluding carboxylic acids is 1. The van der Waals surface area contributed by atoms with Crippen molar-refractivity contribution in [2.75, 3.05) is 20.2 Å². The van der Waals surface area contributed by atoms with Crippen LogP contribution in [-0.4, -0.2) is 36.2 Å². The van der Waals surface area contributed by atoms with Gasteiger partial charge in [0, 0.05) is 12.1 Å². The molecule has 1 aromatic heterocycles. The number of aryl methyl sites for hydroxylation is 2. The van der Waals surface area contributed by atoms with E-state index in [1.54, 1.807) is 0 Å². The standard InChI is InChI=1S/C11H18N2O3/c1-5-13(7-11(14)15-4)6-10-8(2)12-16-9(10)3/h5-7H2,1-4H3. The molecule has 1 aromatic rings. The third kappa shape index (κ3) is 3.06. The fourth-order valence-electron chi connectivity index (χ4n) is 1.48. The molecule has 0 aromatic carbocycles. The van der Waals surface area contributed by atoms with Gasteiger partial charge in [0.05, 0.1) is 19.3 Å². The van der Waals surface area contributed by atoms with Crippen LogP contribution in [0.3, 0.4) is 0 Å². The Bertz CT molecular complexity index is 341. The molecular formula is C11H18N2O3. The zero-order valence-corrected chi connectivity index (χ0v) is 10.2. The maximum absolute atomic E-state index is 11.2. The number of aromatic nitrogens is 1. The van der Waals surface area contributed by atoms with Crippen LogP contribution in [0.2, 0.25) is 0 Å². The number of methoxy groups -OCH3 is 1. The molecule has 90 valence electrons. The van der Waals surface area contributed by atoms with Crippen molar-refractivity contribution in [1.82, 2.24) is 10.1 Å². The van der Waals surface area contributed by atoms with E-state index >= 15 is 0 Å². The Morgan fingerprint density at radius 1 is 1.50 bits per heavy atom. The van der Waals surface area contributed by atoms with Crippen molar-refractivity contribution in [3.63, 3.8) is 0 Å². The van der Waals surface area contributed by atoms with Gasteiger partial charge in [-0.2, -0.15) is 0 Å². The Labute approximate surface area is 95.4 Å². The monoisotopic (exact) mass is 226 g/mol. The van der Waals surface area contributed by atoms with E-state index in [1.807, 2.05) is 25.7 Å². The van der Waals surface area contributed by atoms with Crippen molar-refractivity contribution >= 4 is 5.97 Å². The Hall–Kier alpha value is -1.36. The van der Waals surface area contributed by atoms with Crippen molar-refractivity contribution in [2.24, 2.45) is 0 Å². The normalized spacial score (nSPS) is 10.8.